The molecule has 1 saturated heterocycles. The summed E-state index contributed by atoms with van der Waals surface area (Å²) in [5.74, 6) is 2.73. The number of rotatable bonds is 6. The molecule has 1 unspecified atom stereocenters. The van der Waals surface area contributed by atoms with Gasteiger partial charge in [0.2, 0.25) is 0 Å². The second-order valence-corrected chi connectivity index (χ2v) is 6.68. The smallest absolute Gasteiger partial charge is 0.183 e. The Morgan fingerprint density at radius 1 is 1.42 bits per heavy atom. The van der Waals surface area contributed by atoms with E-state index >= 15 is 0 Å². The Hall–Kier alpha value is -0.940. The van der Waals surface area contributed by atoms with Gasteiger partial charge in [-0.3, -0.25) is 4.98 Å². The number of hydrogen-bond donors (Lipinski definition) is 1. The van der Waals surface area contributed by atoms with Crippen molar-refractivity contribution in [1.82, 2.24) is 10.3 Å². The largest absolute Gasteiger partial charge is 0.493 e. The second-order valence-electron chi connectivity index (χ2n) is 5.00. The van der Waals surface area contributed by atoms with Crippen LogP contribution in [0.5, 0.6) is 11.5 Å². The van der Waals surface area contributed by atoms with Crippen molar-refractivity contribution in [3.05, 3.63) is 18.0 Å². The molecular formula is C14H22N2O2S. The van der Waals surface area contributed by atoms with Crippen molar-refractivity contribution in [3.63, 3.8) is 0 Å². The Morgan fingerprint density at radius 3 is 2.89 bits per heavy atom. The first-order chi connectivity index (χ1) is 9.18. The first kappa shape index (κ1) is 14.5. The normalized spacial score (nSPS) is 22.5. The summed E-state index contributed by atoms with van der Waals surface area (Å²) < 4.78 is 11.0. The lowest BCUT2D eigenvalue weighted by Crippen LogP contribution is -2.32. The average molecular weight is 282 g/mol. The van der Waals surface area contributed by atoms with Crippen LogP contribution in [0.25, 0.3) is 0 Å². The van der Waals surface area contributed by atoms with Gasteiger partial charge in [0, 0.05) is 30.1 Å². The van der Waals surface area contributed by atoms with E-state index in [4.69, 9.17) is 9.47 Å². The number of hydrogen-bond acceptors (Lipinski definition) is 5. The van der Waals surface area contributed by atoms with Crippen LogP contribution >= 0.6 is 11.8 Å². The van der Waals surface area contributed by atoms with Gasteiger partial charge >= 0.3 is 0 Å². The minimum absolute atomic E-state index is 0.367. The van der Waals surface area contributed by atoms with E-state index in [0.29, 0.717) is 11.3 Å². The maximum atomic E-state index is 5.38. The summed E-state index contributed by atoms with van der Waals surface area (Å²) >= 11 is 2.06. The molecule has 1 atom stereocenters. The van der Waals surface area contributed by atoms with E-state index in [1.54, 1.807) is 20.4 Å². The molecule has 0 spiro atoms. The van der Waals surface area contributed by atoms with Crippen LogP contribution < -0.4 is 14.8 Å². The number of ether oxygens (including phenoxy) is 2. The molecule has 1 N–H and O–H groups in total. The molecule has 1 aliphatic heterocycles. The van der Waals surface area contributed by atoms with Crippen LogP contribution in [0, 0.1) is 0 Å². The second kappa shape index (κ2) is 6.48. The molecule has 0 saturated carbocycles. The van der Waals surface area contributed by atoms with E-state index in [2.05, 4.69) is 29.0 Å². The van der Waals surface area contributed by atoms with E-state index in [9.17, 15) is 0 Å². The van der Waals surface area contributed by atoms with Crippen molar-refractivity contribution < 1.29 is 9.47 Å². The molecule has 19 heavy (non-hydrogen) atoms. The van der Waals surface area contributed by atoms with Gasteiger partial charge in [0.1, 0.15) is 0 Å². The quantitative estimate of drug-likeness (QED) is 0.868. The Morgan fingerprint density at radius 2 is 2.26 bits per heavy atom. The maximum Gasteiger partial charge on any atom is 0.183 e. The SMILES string of the molecule is COc1ccnc(CNCC2(C)CCCS2)c1OC. The molecule has 1 aliphatic rings. The van der Waals surface area contributed by atoms with Gasteiger partial charge in [-0.05, 0) is 25.5 Å². The molecule has 1 fully saturated rings. The van der Waals surface area contributed by atoms with Crippen LogP contribution in [0.1, 0.15) is 25.5 Å². The van der Waals surface area contributed by atoms with Crippen LogP contribution in [0.2, 0.25) is 0 Å². The number of methoxy groups -OCH3 is 2. The zero-order valence-electron chi connectivity index (χ0n) is 11.9. The molecule has 0 bridgehead atoms. The maximum absolute atomic E-state index is 5.38. The lowest BCUT2D eigenvalue weighted by atomic mass is 10.1. The summed E-state index contributed by atoms with van der Waals surface area (Å²) in [5, 5.41) is 3.49. The monoisotopic (exact) mass is 282 g/mol. The molecule has 4 nitrogen and oxygen atoms in total. The van der Waals surface area contributed by atoms with Crippen molar-refractivity contribution in [2.75, 3.05) is 26.5 Å². The molecule has 106 valence electrons. The van der Waals surface area contributed by atoms with Crippen LogP contribution in [0.3, 0.4) is 0 Å². The summed E-state index contributed by atoms with van der Waals surface area (Å²) in [6.07, 6.45) is 4.36. The summed E-state index contributed by atoms with van der Waals surface area (Å²) in [6.45, 7) is 4.03. The zero-order chi connectivity index (χ0) is 13.7. The highest BCUT2D eigenvalue weighted by Gasteiger charge is 2.28. The molecule has 1 aromatic heterocycles. The van der Waals surface area contributed by atoms with Gasteiger partial charge in [-0.1, -0.05) is 0 Å². The third-order valence-electron chi connectivity index (χ3n) is 3.46. The first-order valence-corrected chi connectivity index (χ1v) is 7.57. The minimum atomic E-state index is 0.367. The van der Waals surface area contributed by atoms with E-state index in [0.717, 1.165) is 23.7 Å². The minimum Gasteiger partial charge on any atom is -0.493 e. The Balaban J connectivity index is 1.95. The predicted molar refractivity (Wildman–Crippen MR) is 79.1 cm³/mol. The first-order valence-electron chi connectivity index (χ1n) is 6.59. The topological polar surface area (TPSA) is 43.4 Å². The zero-order valence-corrected chi connectivity index (χ0v) is 12.7. The lowest BCUT2D eigenvalue weighted by molar-refractivity contribution is 0.347. The molecule has 1 aromatic rings. The summed E-state index contributed by atoms with van der Waals surface area (Å²) in [6, 6.07) is 1.82. The molecule has 0 aliphatic carbocycles. The highest BCUT2D eigenvalue weighted by Crippen LogP contribution is 2.37. The van der Waals surface area contributed by atoms with Crippen LogP contribution in [0.15, 0.2) is 12.3 Å². The fourth-order valence-corrected chi connectivity index (χ4v) is 3.67. The van der Waals surface area contributed by atoms with E-state index in [-0.39, 0.29) is 0 Å². The highest BCUT2D eigenvalue weighted by molar-refractivity contribution is 8.00. The van der Waals surface area contributed by atoms with Crippen molar-refractivity contribution in [2.45, 2.75) is 31.1 Å². The number of pyridine rings is 1. The number of nitrogens with one attached hydrogen (secondary N) is 1. The van der Waals surface area contributed by atoms with Gasteiger partial charge in [0.15, 0.2) is 11.5 Å². The van der Waals surface area contributed by atoms with Crippen molar-refractivity contribution in [1.29, 1.82) is 0 Å². The Bertz CT molecular complexity index is 420. The molecule has 2 rings (SSSR count). The third-order valence-corrected chi connectivity index (χ3v) is 5.00. The van der Waals surface area contributed by atoms with E-state index < -0.39 is 0 Å². The summed E-state index contributed by atoms with van der Waals surface area (Å²) in [7, 11) is 3.29. The fraction of sp³-hybridized carbons (Fsp3) is 0.643. The summed E-state index contributed by atoms with van der Waals surface area (Å²) in [5.41, 5.74) is 0.897. The van der Waals surface area contributed by atoms with Gasteiger partial charge < -0.3 is 14.8 Å². The standard InChI is InChI=1S/C14H22N2O2S/c1-14(6-4-8-19-14)10-15-9-11-13(18-3)12(17-2)5-7-16-11/h5,7,15H,4,6,8-10H2,1-3H3. The van der Waals surface area contributed by atoms with Crippen LogP contribution in [0.4, 0.5) is 0 Å². The van der Waals surface area contributed by atoms with Crippen LogP contribution in [-0.2, 0) is 6.54 Å². The number of thioether (sulfide) groups is 1. The van der Waals surface area contributed by atoms with Gasteiger partial charge in [-0.2, -0.15) is 11.8 Å². The highest BCUT2D eigenvalue weighted by atomic mass is 32.2. The average Bonchev–Trinajstić information content (AvgIpc) is 2.85. The summed E-state index contributed by atoms with van der Waals surface area (Å²) in [4.78, 5) is 4.37. The molecular weight excluding hydrogens is 260 g/mol. The Kier molecular flexibility index (Phi) is 4.93. The third kappa shape index (κ3) is 3.54. The Labute approximate surface area is 119 Å². The molecule has 2 heterocycles. The van der Waals surface area contributed by atoms with E-state index in [1.807, 2.05) is 6.07 Å². The van der Waals surface area contributed by atoms with Gasteiger partial charge in [0.05, 0.1) is 19.9 Å². The van der Waals surface area contributed by atoms with Crippen molar-refractivity contribution >= 4 is 11.8 Å². The number of aromatic nitrogens is 1. The number of nitrogens with zero attached hydrogens (tertiary/aromatic N) is 1. The van der Waals surface area contributed by atoms with Crippen molar-refractivity contribution in [2.24, 2.45) is 0 Å². The van der Waals surface area contributed by atoms with E-state index in [1.165, 1.54) is 18.6 Å². The predicted octanol–water partition coefficient (Wildman–Crippen LogP) is 2.47. The lowest BCUT2D eigenvalue weighted by Gasteiger charge is -2.23. The molecule has 0 aromatic carbocycles. The molecule has 5 heteroatoms. The molecule has 0 amide bonds. The fourth-order valence-electron chi connectivity index (χ4n) is 2.40. The van der Waals surface area contributed by atoms with Crippen molar-refractivity contribution in [3.8, 4) is 11.5 Å². The van der Waals surface area contributed by atoms with Crippen LogP contribution in [-0.4, -0.2) is 36.2 Å². The molecule has 0 radical (unpaired) electrons. The van der Waals surface area contributed by atoms with Gasteiger partial charge in [-0.25, -0.2) is 0 Å². The van der Waals surface area contributed by atoms with Gasteiger partial charge in [0.25, 0.3) is 0 Å². The van der Waals surface area contributed by atoms with Gasteiger partial charge in [-0.15, -0.1) is 0 Å².